The van der Waals surface area contributed by atoms with Crippen LogP contribution in [-0.2, 0) is 6.54 Å². The smallest absolute Gasteiger partial charge is 0.336 e. The van der Waals surface area contributed by atoms with E-state index < -0.39 is 5.97 Å². The van der Waals surface area contributed by atoms with Crippen molar-refractivity contribution >= 4 is 17.0 Å². The molecule has 0 aliphatic heterocycles. The Morgan fingerprint density at radius 3 is 2.95 bits per heavy atom. The summed E-state index contributed by atoms with van der Waals surface area (Å²) in [4.78, 5) is 16.0. The molecule has 19 heavy (non-hydrogen) atoms. The van der Waals surface area contributed by atoms with E-state index in [1.165, 1.54) is 0 Å². The van der Waals surface area contributed by atoms with E-state index in [0.717, 1.165) is 43.6 Å². The van der Waals surface area contributed by atoms with Gasteiger partial charge in [0.05, 0.1) is 17.1 Å². The molecule has 0 bridgehead atoms. The molecule has 2 heterocycles. The highest BCUT2D eigenvalue weighted by Gasteiger charge is 2.27. The van der Waals surface area contributed by atoms with Gasteiger partial charge in [-0.15, -0.1) is 0 Å². The van der Waals surface area contributed by atoms with E-state index in [0.29, 0.717) is 16.9 Å². The zero-order valence-corrected chi connectivity index (χ0v) is 11.0. The highest BCUT2D eigenvalue weighted by Crippen LogP contribution is 2.40. The van der Waals surface area contributed by atoms with Crippen molar-refractivity contribution < 1.29 is 9.90 Å². The number of unbranched alkanes of at least 4 members (excludes halogenated alkanes) is 1. The first-order valence-electron chi connectivity index (χ1n) is 6.80. The van der Waals surface area contributed by atoms with Crippen LogP contribution in [0, 0.1) is 0 Å². The number of aryl methyl sites for hydroxylation is 1. The summed E-state index contributed by atoms with van der Waals surface area (Å²) in [5.41, 5.74) is 1.95. The Morgan fingerprint density at radius 1 is 1.53 bits per heavy atom. The number of pyridine rings is 1. The molecule has 1 N–H and O–H groups in total. The second-order valence-electron chi connectivity index (χ2n) is 5.13. The number of nitrogens with zero attached hydrogens (tertiary/aromatic N) is 3. The molecule has 3 rings (SSSR count). The first-order chi connectivity index (χ1) is 9.20. The van der Waals surface area contributed by atoms with Crippen molar-refractivity contribution in [1.29, 1.82) is 0 Å². The molecule has 0 saturated heterocycles. The molecule has 1 aliphatic carbocycles. The van der Waals surface area contributed by atoms with E-state index in [1.54, 1.807) is 12.3 Å². The molecule has 0 amide bonds. The first-order valence-corrected chi connectivity index (χ1v) is 6.80. The molecule has 5 heteroatoms. The third kappa shape index (κ3) is 2.20. The van der Waals surface area contributed by atoms with Gasteiger partial charge in [0.15, 0.2) is 5.65 Å². The molecule has 1 saturated carbocycles. The summed E-state index contributed by atoms with van der Waals surface area (Å²) in [7, 11) is 0. The Hall–Kier alpha value is -1.91. The van der Waals surface area contributed by atoms with Gasteiger partial charge in [-0.05, 0) is 25.3 Å². The maximum Gasteiger partial charge on any atom is 0.336 e. The Kier molecular flexibility index (Phi) is 2.97. The molecule has 0 atom stereocenters. The summed E-state index contributed by atoms with van der Waals surface area (Å²) in [6.07, 6.45) is 5.95. The van der Waals surface area contributed by atoms with Gasteiger partial charge in [0.1, 0.15) is 0 Å². The fourth-order valence-corrected chi connectivity index (χ4v) is 2.30. The lowest BCUT2D eigenvalue weighted by Gasteiger charge is -2.05. The van der Waals surface area contributed by atoms with Crippen LogP contribution in [-0.4, -0.2) is 25.8 Å². The van der Waals surface area contributed by atoms with Crippen molar-refractivity contribution in [3.05, 3.63) is 23.5 Å². The molecule has 0 radical (unpaired) electrons. The number of carboxylic acids is 1. The molecule has 0 aromatic carbocycles. The van der Waals surface area contributed by atoms with Crippen LogP contribution in [0.4, 0.5) is 0 Å². The molecular weight excluding hydrogens is 242 g/mol. The fraction of sp³-hybridized carbons (Fsp3) is 0.500. The normalized spacial score (nSPS) is 15.0. The van der Waals surface area contributed by atoms with E-state index in [1.807, 2.05) is 4.68 Å². The molecule has 2 aromatic heterocycles. The molecule has 0 spiro atoms. The van der Waals surface area contributed by atoms with Crippen molar-refractivity contribution in [2.75, 3.05) is 0 Å². The van der Waals surface area contributed by atoms with Gasteiger partial charge in [0.25, 0.3) is 0 Å². The monoisotopic (exact) mass is 259 g/mol. The second-order valence-corrected chi connectivity index (χ2v) is 5.13. The Bertz CT molecular complexity index is 629. The molecule has 1 aliphatic rings. The zero-order chi connectivity index (χ0) is 13.4. The van der Waals surface area contributed by atoms with Gasteiger partial charge in [0.2, 0.25) is 0 Å². The maximum absolute atomic E-state index is 11.4. The molecular formula is C14H17N3O2. The average Bonchev–Trinajstić information content (AvgIpc) is 3.17. The van der Waals surface area contributed by atoms with Crippen molar-refractivity contribution in [2.24, 2.45) is 0 Å². The number of aromatic nitrogens is 3. The van der Waals surface area contributed by atoms with Crippen LogP contribution in [0.15, 0.2) is 12.3 Å². The Balaban J connectivity index is 2.12. The number of hydrogen-bond donors (Lipinski definition) is 1. The fourth-order valence-electron chi connectivity index (χ4n) is 2.30. The van der Waals surface area contributed by atoms with Crippen LogP contribution in [0.5, 0.6) is 0 Å². The lowest BCUT2D eigenvalue weighted by molar-refractivity contribution is 0.0699. The third-order valence-corrected chi connectivity index (χ3v) is 3.58. The standard InChI is InChI=1S/C14H17N3O2/c1-2-3-6-17-13-11(8-15-17)10(14(18)19)7-12(16-13)9-4-5-9/h7-9H,2-6H2,1H3,(H,18,19). The third-order valence-electron chi connectivity index (χ3n) is 3.58. The molecule has 1 fully saturated rings. The maximum atomic E-state index is 11.4. The Morgan fingerprint density at radius 2 is 2.32 bits per heavy atom. The second kappa shape index (κ2) is 4.64. The van der Waals surface area contributed by atoms with Crippen LogP contribution in [0.3, 0.4) is 0 Å². The molecule has 0 unspecified atom stereocenters. The predicted molar refractivity (Wildman–Crippen MR) is 71.4 cm³/mol. The van der Waals surface area contributed by atoms with Gasteiger partial charge in [0, 0.05) is 18.2 Å². The minimum absolute atomic E-state index is 0.328. The summed E-state index contributed by atoms with van der Waals surface area (Å²) in [6, 6.07) is 1.72. The lowest BCUT2D eigenvalue weighted by Crippen LogP contribution is -2.05. The predicted octanol–water partition coefficient (Wildman–Crippen LogP) is 2.81. The lowest BCUT2D eigenvalue weighted by atomic mass is 10.1. The molecule has 2 aromatic rings. The minimum Gasteiger partial charge on any atom is -0.478 e. The number of fused-ring (bicyclic) bond motifs is 1. The van der Waals surface area contributed by atoms with E-state index in [-0.39, 0.29) is 0 Å². The average molecular weight is 259 g/mol. The Labute approximate surface area is 111 Å². The first kappa shape index (κ1) is 12.1. The van der Waals surface area contributed by atoms with Gasteiger partial charge in [-0.1, -0.05) is 13.3 Å². The summed E-state index contributed by atoms with van der Waals surface area (Å²) in [6.45, 7) is 2.91. The van der Waals surface area contributed by atoms with E-state index in [9.17, 15) is 9.90 Å². The van der Waals surface area contributed by atoms with Crippen molar-refractivity contribution in [3.8, 4) is 0 Å². The highest BCUT2D eigenvalue weighted by atomic mass is 16.4. The summed E-state index contributed by atoms with van der Waals surface area (Å²) in [5, 5.41) is 14.3. The van der Waals surface area contributed by atoms with E-state index >= 15 is 0 Å². The van der Waals surface area contributed by atoms with Crippen LogP contribution in [0.2, 0.25) is 0 Å². The van der Waals surface area contributed by atoms with Crippen LogP contribution >= 0.6 is 0 Å². The quantitative estimate of drug-likeness (QED) is 0.896. The highest BCUT2D eigenvalue weighted by molar-refractivity contribution is 6.01. The minimum atomic E-state index is -0.899. The number of hydrogen-bond acceptors (Lipinski definition) is 3. The van der Waals surface area contributed by atoms with Crippen molar-refractivity contribution in [3.63, 3.8) is 0 Å². The SMILES string of the molecule is CCCCn1ncc2c(C(=O)O)cc(C3CC3)nc21. The summed E-state index contributed by atoms with van der Waals surface area (Å²) in [5.74, 6) is -0.457. The van der Waals surface area contributed by atoms with Gasteiger partial charge in [-0.25, -0.2) is 14.5 Å². The molecule has 5 nitrogen and oxygen atoms in total. The number of carbonyl (C=O) groups is 1. The van der Waals surface area contributed by atoms with Crippen LogP contribution in [0.25, 0.3) is 11.0 Å². The summed E-state index contributed by atoms with van der Waals surface area (Å²) >= 11 is 0. The topological polar surface area (TPSA) is 68.0 Å². The van der Waals surface area contributed by atoms with Gasteiger partial charge in [-0.3, -0.25) is 0 Å². The van der Waals surface area contributed by atoms with Crippen LogP contribution < -0.4 is 0 Å². The van der Waals surface area contributed by atoms with Crippen molar-refractivity contribution in [2.45, 2.75) is 45.1 Å². The summed E-state index contributed by atoms with van der Waals surface area (Å²) < 4.78 is 1.83. The number of carboxylic acid groups (broad SMARTS) is 1. The van der Waals surface area contributed by atoms with Gasteiger partial charge >= 0.3 is 5.97 Å². The van der Waals surface area contributed by atoms with E-state index in [4.69, 9.17) is 0 Å². The zero-order valence-electron chi connectivity index (χ0n) is 11.0. The van der Waals surface area contributed by atoms with E-state index in [2.05, 4.69) is 17.0 Å². The van der Waals surface area contributed by atoms with Crippen LogP contribution in [0.1, 0.15) is 54.6 Å². The molecule has 100 valence electrons. The van der Waals surface area contributed by atoms with Gasteiger partial charge in [-0.2, -0.15) is 5.10 Å². The van der Waals surface area contributed by atoms with Crippen molar-refractivity contribution in [1.82, 2.24) is 14.8 Å². The van der Waals surface area contributed by atoms with Gasteiger partial charge < -0.3 is 5.11 Å². The largest absolute Gasteiger partial charge is 0.478 e. The number of rotatable bonds is 5. The number of aromatic carboxylic acids is 1.